The molecule has 4 rings (SSSR count). The lowest BCUT2D eigenvalue weighted by atomic mass is 9.96. The van der Waals surface area contributed by atoms with Gasteiger partial charge in [0.05, 0.1) is 0 Å². The summed E-state index contributed by atoms with van der Waals surface area (Å²) in [7, 11) is 0. The number of nitrogens with one attached hydrogen (secondary N) is 1. The Morgan fingerprint density at radius 2 is 1.62 bits per heavy atom. The predicted molar refractivity (Wildman–Crippen MR) is 105 cm³/mol. The van der Waals surface area contributed by atoms with Gasteiger partial charge in [0.15, 0.2) is 0 Å². The Balaban J connectivity index is 1.32. The van der Waals surface area contributed by atoms with Gasteiger partial charge in [-0.15, -0.1) is 0 Å². The van der Waals surface area contributed by atoms with E-state index < -0.39 is 0 Å². The topological polar surface area (TPSA) is 32.3 Å². The van der Waals surface area contributed by atoms with Gasteiger partial charge in [0.1, 0.15) is 0 Å². The molecule has 0 atom stereocenters. The average molecular weight is 348 g/mol. The highest BCUT2D eigenvalue weighted by Gasteiger charge is 2.44. The summed E-state index contributed by atoms with van der Waals surface area (Å²) >= 11 is 0. The van der Waals surface area contributed by atoms with Crippen molar-refractivity contribution in [1.82, 2.24) is 10.2 Å². The van der Waals surface area contributed by atoms with Gasteiger partial charge in [-0.1, -0.05) is 48.9 Å². The third-order valence-electron chi connectivity index (χ3n) is 5.90. The van der Waals surface area contributed by atoms with E-state index in [0.29, 0.717) is 0 Å². The fourth-order valence-electron chi connectivity index (χ4n) is 4.00. The lowest BCUT2D eigenvalue weighted by molar-refractivity contribution is 0.0949. The summed E-state index contributed by atoms with van der Waals surface area (Å²) in [6, 6.07) is 18.7. The molecule has 0 unspecified atom stereocenters. The SMILES string of the molecule is O=C(NCC1(c2ccccc2)CC1)c1ccc(CN2CCCCC2)cc1. The average Bonchev–Trinajstić information content (AvgIpc) is 3.49. The van der Waals surface area contributed by atoms with Crippen molar-refractivity contribution < 1.29 is 4.79 Å². The second-order valence-electron chi connectivity index (χ2n) is 7.86. The maximum absolute atomic E-state index is 12.5. The van der Waals surface area contributed by atoms with E-state index in [2.05, 4.69) is 46.6 Å². The molecule has 1 N–H and O–H groups in total. The van der Waals surface area contributed by atoms with Gasteiger partial charge in [0.2, 0.25) is 0 Å². The van der Waals surface area contributed by atoms with E-state index >= 15 is 0 Å². The summed E-state index contributed by atoms with van der Waals surface area (Å²) in [5, 5.41) is 3.15. The number of benzene rings is 2. The van der Waals surface area contributed by atoms with Crippen LogP contribution in [0.25, 0.3) is 0 Å². The van der Waals surface area contributed by atoms with Crippen LogP contribution in [0.15, 0.2) is 54.6 Å². The first-order chi connectivity index (χ1) is 12.8. The summed E-state index contributed by atoms with van der Waals surface area (Å²) in [4.78, 5) is 15.0. The molecule has 2 aliphatic rings. The molecule has 1 saturated heterocycles. The Bertz CT molecular complexity index is 729. The third-order valence-corrected chi connectivity index (χ3v) is 5.90. The van der Waals surface area contributed by atoms with Gasteiger partial charge in [-0.05, 0) is 62.0 Å². The number of amides is 1. The minimum atomic E-state index is 0.0386. The number of likely N-dealkylation sites (tertiary alicyclic amines) is 1. The number of nitrogens with zero attached hydrogens (tertiary/aromatic N) is 1. The van der Waals surface area contributed by atoms with Crippen molar-refractivity contribution in [2.75, 3.05) is 19.6 Å². The number of piperidine rings is 1. The molecule has 136 valence electrons. The van der Waals surface area contributed by atoms with Crippen LogP contribution < -0.4 is 5.32 Å². The molecule has 0 radical (unpaired) electrons. The van der Waals surface area contributed by atoms with Gasteiger partial charge in [0, 0.05) is 24.1 Å². The van der Waals surface area contributed by atoms with Crippen molar-refractivity contribution in [3.8, 4) is 0 Å². The van der Waals surface area contributed by atoms with E-state index in [1.54, 1.807) is 0 Å². The molecule has 2 aromatic carbocycles. The van der Waals surface area contributed by atoms with E-state index in [4.69, 9.17) is 0 Å². The lowest BCUT2D eigenvalue weighted by Crippen LogP contribution is -2.32. The Kier molecular flexibility index (Phi) is 5.07. The highest BCUT2D eigenvalue weighted by atomic mass is 16.1. The fraction of sp³-hybridized carbons (Fsp3) is 0.435. The summed E-state index contributed by atoms with van der Waals surface area (Å²) in [5.74, 6) is 0.0386. The zero-order valence-electron chi connectivity index (χ0n) is 15.4. The molecular formula is C23H28N2O. The van der Waals surface area contributed by atoms with Crippen molar-refractivity contribution in [2.45, 2.75) is 44.1 Å². The van der Waals surface area contributed by atoms with E-state index in [1.807, 2.05) is 18.2 Å². The van der Waals surface area contributed by atoms with E-state index in [1.165, 1.54) is 43.5 Å². The van der Waals surface area contributed by atoms with Crippen LogP contribution in [0.3, 0.4) is 0 Å². The number of carbonyl (C=O) groups excluding carboxylic acids is 1. The fourth-order valence-corrected chi connectivity index (χ4v) is 4.00. The van der Waals surface area contributed by atoms with Crippen LogP contribution in [-0.4, -0.2) is 30.4 Å². The molecule has 1 amide bonds. The molecule has 1 saturated carbocycles. The van der Waals surface area contributed by atoms with Crippen molar-refractivity contribution >= 4 is 5.91 Å². The smallest absolute Gasteiger partial charge is 0.251 e. The van der Waals surface area contributed by atoms with Crippen LogP contribution in [0.4, 0.5) is 0 Å². The minimum Gasteiger partial charge on any atom is -0.351 e. The molecule has 2 fully saturated rings. The van der Waals surface area contributed by atoms with Crippen LogP contribution in [-0.2, 0) is 12.0 Å². The minimum absolute atomic E-state index is 0.0386. The second-order valence-corrected chi connectivity index (χ2v) is 7.86. The van der Waals surface area contributed by atoms with Crippen molar-refractivity contribution in [2.24, 2.45) is 0 Å². The first-order valence-corrected chi connectivity index (χ1v) is 9.90. The van der Waals surface area contributed by atoms with Gasteiger partial charge < -0.3 is 5.32 Å². The van der Waals surface area contributed by atoms with Crippen LogP contribution >= 0.6 is 0 Å². The zero-order valence-corrected chi connectivity index (χ0v) is 15.4. The number of carbonyl (C=O) groups is 1. The van der Waals surface area contributed by atoms with Gasteiger partial charge in [-0.25, -0.2) is 0 Å². The highest BCUT2D eigenvalue weighted by molar-refractivity contribution is 5.94. The monoisotopic (exact) mass is 348 g/mol. The van der Waals surface area contributed by atoms with Crippen molar-refractivity contribution in [3.05, 3.63) is 71.3 Å². The molecule has 0 spiro atoms. The van der Waals surface area contributed by atoms with Crippen LogP contribution in [0, 0.1) is 0 Å². The van der Waals surface area contributed by atoms with Crippen LogP contribution in [0.5, 0.6) is 0 Å². The summed E-state index contributed by atoms with van der Waals surface area (Å²) in [6.07, 6.45) is 6.30. The lowest BCUT2D eigenvalue weighted by Gasteiger charge is -2.26. The largest absolute Gasteiger partial charge is 0.351 e. The summed E-state index contributed by atoms with van der Waals surface area (Å²) < 4.78 is 0. The van der Waals surface area contributed by atoms with Crippen molar-refractivity contribution in [3.63, 3.8) is 0 Å². The molecule has 1 heterocycles. The third kappa shape index (κ3) is 3.99. The van der Waals surface area contributed by atoms with Crippen LogP contribution in [0.1, 0.15) is 53.6 Å². The van der Waals surface area contributed by atoms with Gasteiger partial charge in [-0.2, -0.15) is 0 Å². The Morgan fingerprint density at radius 3 is 2.27 bits per heavy atom. The van der Waals surface area contributed by atoms with Gasteiger partial charge in [0.25, 0.3) is 5.91 Å². The number of rotatable bonds is 6. The van der Waals surface area contributed by atoms with E-state index in [0.717, 1.165) is 31.5 Å². The molecule has 0 bridgehead atoms. The number of hydrogen-bond acceptors (Lipinski definition) is 2. The molecule has 26 heavy (non-hydrogen) atoms. The molecule has 0 aromatic heterocycles. The summed E-state index contributed by atoms with van der Waals surface area (Å²) in [5.41, 5.74) is 3.56. The Hall–Kier alpha value is -2.13. The molecule has 3 heteroatoms. The second kappa shape index (κ2) is 7.63. The maximum atomic E-state index is 12.5. The number of hydrogen-bond donors (Lipinski definition) is 1. The van der Waals surface area contributed by atoms with E-state index in [-0.39, 0.29) is 11.3 Å². The highest BCUT2D eigenvalue weighted by Crippen LogP contribution is 2.47. The Labute approximate surface area is 156 Å². The zero-order chi connectivity index (χ0) is 17.8. The first kappa shape index (κ1) is 17.3. The first-order valence-electron chi connectivity index (χ1n) is 9.90. The van der Waals surface area contributed by atoms with Crippen LogP contribution in [0.2, 0.25) is 0 Å². The standard InChI is InChI=1S/C23H28N2O/c26-22(24-18-23(13-14-23)21-7-3-1-4-8-21)20-11-9-19(10-12-20)17-25-15-5-2-6-16-25/h1,3-4,7-12H,2,5-6,13-18H2,(H,24,26). The van der Waals surface area contributed by atoms with Crippen molar-refractivity contribution in [1.29, 1.82) is 0 Å². The molecule has 3 nitrogen and oxygen atoms in total. The molecule has 1 aliphatic carbocycles. The van der Waals surface area contributed by atoms with Gasteiger partial charge >= 0.3 is 0 Å². The normalized spacial score (nSPS) is 19.1. The van der Waals surface area contributed by atoms with E-state index in [9.17, 15) is 4.79 Å². The summed E-state index contributed by atoms with van der Waals surface area (Å²) in [6.45, 7) is 4.12. The Morgan fingerprint density at radius 1 is 0.923 bits per heavy atom. The molecular weight excluding hydrogens is 320 g/mol. The van der Waals surface area contributed by atoms with Gasteiger partial charge in [-0.3, -0.25) is 9.69 Å². The quantitative estimate of drug-likeness (QED) is 0.851. The molecule has 1 aliphatic heterocycles. The predicted octanol–water partition coefficient (Wildman–Crippen LogP) is 4.13. The maximum Gasteiger partial charge on any atom is 0.251 e. The molecule has 2 aromatic rings.